The molecule has 0 unspecified atom stereocenters. The lowest BCUT2D eigenvalue weighted by atomic mass is 9.87. The van der Waals surface area contributed by atoms with E-state index in [1.807, 2.05) is 24.3 Å². The highest BCUT2D eigenvalue weighted by Gasteiger charge is 2.13. The molecule has 0 fully saturated rings. The van der Waals surface area contributed by atoms with Crippen molar-refractivity contribution in [2.45, 2.75) is 26.2 Å². The topological polar surface area (TPSA) is 55.1 Å². The number of nitrogens with two attached hydrogens (primary N) is 1. The van der Waals surface area contributed by atoms with E-state index in [4.69, 9.17) is 5.73 Å². The first-order valence-corrected chi connectivity index (χ1v) is 6.74. The maximum absolute atomic E-state index is 13.4. The van der Waals surface area contributed by atoms with Gasteiger partial charge in [0.15, 0.2) is 0 Å². The second-order valence-electron chi connectivity index (χ2n) is 6.02. The van der Waals surface area contributed by atoms with Gasteiger partial charge in [-0.15, -0.1) is 0 Å². The zero-order chi connectivity index (χ0) is 15.6. The van der Waals surface area contributed by atoms with Crippen molar-refractivity contribution in [3.05, 3.63) is 59.4 Å². The molecular formula is C17H19FN2O. The van der Waals surface area contributed by atoms with Crippen LogP contribution in [0.4, 0.5) is 15.8 Å². The van der Waals surface area contributed by atoms with Crippen LogP contribution in [0.25, 0.3) is 0 Å². The van der Waals surface area contributed by atoms with E-state index >= 15 is 0 Å². The van der Waals surface area contributed by atoms with Crippen LogP contribution in [0, 0.1) is 5.82 Å². The van der Waals surface area contributed by atoms with Crippen LogP contribution < -0.4 is 11.1 Å². The number of halogens is 1. The molecule has 4 heteroatoms. The summed E-state index contributed by atoms with van der Waals surface area (Å²) in [5, 5.41) is 2.74. The summed E-state index contributed by atoms with van der Waals surface area (Å²) in [5.41, 5.74) is 7.57. The third-order valence-electron chi connectivity index (χ3n) is 3.27. The normalized spacial score (nSPS) is 11.2. The molecule has 0 spiro atoms. The minimum atomic E-state index is -0.592. The Morgan fingerprint density at radius 1 is 1.10 bits per heavy atom. The van der Waals surface area contributed by atoms with E-state index in [1.165, 1.54) is 17.7 Å². The van der Waals surface area contributed by atoms with Crippen molar-refractivity contribution in [3.63, 3.8) is 0 Å². The summed E-state index contributed by atoms with van der Waals surface area (Å²) in [7, 11) is 0. The number of benzene rings is 2. The van der Waals surface area contributed by atoms with Crippen LogP contribution in [-0.2, 0) is 5.41 Å². The summed E-state index contributed by atoms with van der Waals surface area (Å²) in [5.74, 6) is -0.955. The van der Waals surface area contributed by atoms with E-state index < -0.39 is 5.82 Å². The number of amides is 1. The molecule has 3 N–H and O–H groups in total. The van der Waals surface area contributed by atoms with Crippen LogP contribution in [0.5, 0.6) is 0 Å². The summed E-state index contributed by atoms with van der Waals surface area (Å²) >= 11 is 0. The molecule has 0 radical (unpaired) electrons. The van der Waals surface area contributed by atoms with Crippen LogP contribution in [0.2, 0.25) is 0 Å². The molecule has 0 aliphatic heterocycles. The number of carbonyl (C=O) groups excluding carboxylic acids is 1. The minimum absolute atomic E-state index is 0.0288. The van der Waals surface area contributed by atoms with Crippen molar-refractivity contribution in [1.82, 2.24) is 0 Å². The lowest BCUT2D eigenvalue weighted by Crippen LogP contribution is -2.14. The molecule has 0 saturated carbocycles. The lowest BCUT2D eigenvalue weighted by molar-refractivity contribution is 0.102. The fraction of sp³-hybridized carbons (Fsp3) is 0.235. The Morgan fingerprint density at radius 2 is 1.71 bits per heavy atom. The summed E-state index contributed by atoms with van der Waals surface area (Å²) < 4.78 is 13.4. The Labute approximate surface area is 124 Å². The number of nitrogens with one attached hydrogen (secondary N) is 1. The van der Waals surface area contributed by atoms with Gasteiger partial charge in [-0.2, -0.15) is 0 Å². The average molecular weight is 286 g/mol. The molecule has 21 heavy (non-hydrogen) atoms. The van der Waals surface area contributed by atoms with Gasteiger partial charge in [-0.1, -0.05) is 32.9 Å². The van der Waals surface area contributed by atoms with Gasteiger partial charge in [-0.25, -0.2) is 4.39 Å². The largest absolute Gasteiger partial charge is 0.396 e. The van der Waals surface area contributed by atoms with Crippen molar-refractivity contribution in [3.8, 4) is 0 Å². The van der Waals surface area contributed by atoms with Crippen LogP contribution in [0.15, 0.2) is 42.5 Å². The number of hydrogen-bond donors (Lipinski definition) is 2. The fourth-order valence-corrected chi connectivity index (χ4v) is 1.93. The lowest BCUT2D eigenvalue weighted by Gasteiger charge is -2.19. The highest BCUT2D eigenvalue weighted by Crippen LogP contribution is 2.23. The number of anilines is 2. The quantitative estimate of drug-likeness (QED) is 0.821. The van der Waals surface area contributed by atoms with E-state index in [0.717, 1.165) is 6.07 Å². The summed E-state index contributed by atoms with van der Waals surface area (Å²) in [6.45, 7) is 6.37. The van der Waals surface area contributed by atoms with Gasteiger partial charge < -0.3 is 11.1 Å². The van der Waals surface area contributed by atoms with Gasteiger partial charge in [-0.3, -0.25) is 4.79 Å². The van der Waals surface area contributed by atoms with Crippen molar-refractivity contribution >= 4 is 17.3 Å². The molecule has 0 bridgehead atoms. The van der Waals surface area contributed by atoms with Crippen LogP contribution in [-0.4, -0.2) is 5.91 Å². The molecule has 3 nitrogen and oxygen atoms in total. The van der Waals surface area contributed by atoms with Crippen molar-refractivity contribution < 1.29 is 9.18 Å². The third kappa shape index (κ3) is 3.60. The van der Waals surface area contributed by atoms with Gasteiger partial charge in [0.05, 0.1) is 5.69 Å². The zero-order valence-corrected chi connectivity index (χ0v) is 12.4. The van der Waals surface area contributed by atoms with Gasteiger partial charge in [0.25, 0.3) is 5.91 Å². The summed E-state index contributed by atoms with van der Waals surface area (Å²) in [6.07, 6.45) is 0. The summed E-state index contributed by atoms with van der Waals surface area (Å²) in [4.78, 5) is 12.0. The molecule has 2 aromatic carbocycles. The molecule has 0 atom stereocenters. The SMILES string of the molecule is CC(C)(C)c1ccc(NC(=O)c2ccc(N)c(F)c2)cc1. The highest BCUT2D eigenvalue weighted by atomic mass is 19.1. The van der Waals surface area contributed by atoms with Gasteiger partial charge in [0.2, 0.25) is 0 Å². The third-order valence-corrected chi connectivity index (χ3v) is 3.27. The van der Waals surface area contributed by atoms with Crippen LogP contribution in [0.1, 0.15) is 36.7 Å². The Morgan fingerprint density at radius 3 is 2.24 bits per heavy atom. The second kappa shape index (κ2) is 5.56. The fourth-order valence-electron chi connectivity index (χ4n) is 1.93. The Bertz CT molecular complexity index is 657. The maximum Gasteiger partial charge on any atom is 0.255 e. The van der Waals surface area contributed by atoms with E-state index in [2.05, 4.69) is 26.1 Å². The first-order chi connectivity index (χ1) is 9.77. The minimum Gasteiger partial charge on any atom is -0.396 e. The molecule has 1 amide bonds. The van der Waals surface area contributed by atoms with E-state index in [9.17, 15) is 9.18 Å². The van der Waals surface area contributed by atoms with E-state index in [1.54, 1.807) is 0 Å². The highest BCUT2D eigenvalue weighted by molar-refractivity contribution is 6.04. The van der Waals surface area contributed by atoms with Crippen molar-refractivity contribution in [2.75, 3.05) is 11.1 Å². The Balaban J connectivity index is 2.14. The van der Waals surface area contributed by atoms with E-state index in [-0.39, 0.29) is 22.6 Å². The molecule has 0 aliphatic rings. The first-order valence-electron chi connectivity index (χ1n) is 6.74. The summed E-state index contributed by atoms with van der Waals surface area (Å²) in [6, 6.07) is 11.6. The van der Waals surface area contributed by atoms with Gasteiger partial charge in [0, 0.05) is 11.3 Å². The zero-order valence-electron chi connectivity index (χ0n) is 12.4. The van der Waals surface area contributed by atoms with Gasteiger partial charge in [0.1, 0.15) is 5.82 Å². The molecule has 0 saturated heterocycles. The monoisotopic (exact) mass is 286 g/mol. The van der Waals surface area contributed by atoms with E-state index in [0.29, 0.717) is 5.69 Å². The number of hydrogen-bond acceptors (Lipinski definition) is 2. The average Bonchev–Trinajstić information content (AvgIpc) is 2.41. The van der Waals surface area contributed by atoms with Crippen LogP contribution >= 0.6 is 0 Å². The maximum atomic E-state index is 13.4. The van der Waals surface area contributed by atoms with Crippen molar-refractivity contribution in [2.24, 2.45) is 0 Å². The Hall–Kier alpha value is -2.36. The molecule has 0 heterocycles. The standard InChI is InChI=1S/C17H19FN2O/c1-17(2,3)12-5-7-13(8-6-12)20-16(21)11-4-9-15(19)14(18)10-11/h4-10H,19H2,1-3H3,(H,20,21). The molecule has 2 rings (SSSR count). The molecule has 0 aliphatic carbocycles. The second-order valence-corrected chi connectivity index (χ2v) is 6.02. The number of nitrogen functional groups attached to an aromatic ring is 1. The molecule has 2 aromatic rings. The van der Waals surface area contributed by atoms with Gasteiger partial charge >= 0.3 is 0 Å². The first kappa shape index (κ1) is 15.0. The number of rotatable bonds is 2. The molecule has 0 aromatic heterocycles. The Kier molecular flexibility index (Phi) is 3.98. The van der Waals surface area contributed by atoms with Crippen molar-refractivity contribution in [1.29, 1.82) is 0 Å². The predicted molar refractivity (Wildman–Crippen MR) is 83.9 cm³/mol. The van der Waals surface area contributed by atoms with Crippen LogP contribution in [0.3, 0.4) is 0 Å². The molecular weight excluding hydrogens is 267 g/mol. The molecule has 110 valence electrons. The van der Waals surface area contributed by atoms with Gasteiger partial charge in [-0.05, 0) is 41.3 Å². The smallest absolute Gasteiger partial charge is 0.255 e. The predicted octanol–water partition coefficient (Wildman–Crippen LogP) is 3.96. The number of carbonyl (C=O) groups is 1.